The molecule has 1 heterocycles. The molecule has 1 atom stereocenters. The summed E-state index contributed by atoms with van der Waals surface area (Å²) in [5.41, 5.74) is 2.55. The van der Waals surface area contributed by atoms with Crippen LogP contribution in [0.2, 0.25) is 0 Å². The van der Waals surface area contributed by atoms with Crippen molar-refractivity contribution in [3.8, 4) is 5.75 Å². The van der Waals surface area contributed by atoms with Gasteiger partial charge in [-0.3, -0.25) is 14.9 Å². The number of piperazine rings is 1. The van der Waals surface area contributed by atoms with E-state index < -0.39 is 4.92 Å². The van der Waals surface area contributed by atoms with Crippen LogP contribution in [0, 0.1) is 10.1 Å². The van der Waals surface area contributed by atoms with Gasteiger partial charge in [0.25, 0.3) is 5.91 Å². The van der Waals surface area contributed by atoms with E-state index in [4.69, 9.17) is 4.74 Å². The van der Waals surface area contributed by atoms with Crippen molar-refractivity contribution in [1.29, 1.82) is 0 Å². The highest BCUT2D eigenvalue weighted by Gasteiger charge is 2.29. The first kappa shape index (κ1) is 18.8. The van der Waals surface area contributed by atoms with Crippen LogP contribution in [-0.2, 0) is 6.42 Å². The van der Waals surface area contributed by atoms with E-state index in [1.807, 2.05) is 4.90 Å². The molecule has 1 fully saturated rings. The van der Waals surface area contributed by atoms with Crippen molar-refractivity contribution in [2.75, 3.05) is 26.7 Å². The van der Waals surface area contributed by atoms with Crippen LogP contribution in [0.3, 0.4) is 0 Å². The van der Waals surface area contributed by atoms with Gasteiger partial charge in [-0.15, -0.1) is 0 Å². The largest absolute Gasteiger partial charge is 0.490 e. The standard InChI is InChI=1S/C20H23N3O4/c1-3-14-4-6-15(7-5-14)18-13-21-10-11-22(18)20(24)16-8-9-17(23(25)26)19(12-16)27-2/h4-9,12,18,21H,3,10-11,13H2,1-2H3. The Balaban J connectivity index is 1.90. The van der Waals surface area contributed by atoms with Crippen LogP contribution in [0.1, 0.15) is 34.5 Å². The van der Waals surface area contributed by atoms with E-state index in [1.165, 1.54) is 30.9 Å². The van der Waals surface area contributed by atoms with Crippen molar-refractivity contribution in [2.24, 2.45) is 0 Å². The fourth-order valence-corrected chi connectivity index (χ4v) is 3.35. The second kappa shape index (κ2) is 8.18. The summed E-state index contributed by atoms with van der Waals surface area (Å²) in [6.45, 7) is 4.05. The van der Waals surface area contributed by atoms with Gasteiger partial charge < -0.3 is 15.0 Å². The van der Waals surface area contributed by atoms with Crippen LogP contribution in [0.25, 0.3) is 0 Å². The lowest BCUT2D eigenvalue weighted by atomic mass is 10.00. The molecule has 27 heavy (non-hydrogen) atoms. The van der Waals surface area contributed by atoms with E-state index in [1.54, 1.807) is 0 Å². The zero-order valence-corrected chi connectivity index (χ0v) is 15.5. The quantitative estimate of drug-likeness (QED) is 0.647. The summed E-state index contributed by atoms with van der Waals surface area (Å²) < 4.78 is 5.10. The van der Waals surface area contributed by atoms with Crippen molar-refractivity contribution < 1.29 is 14.5 Å². The number of hydrogen-bond donors (Lipinski definition) is 1. The summed E-state index contributed by atoms with van der Waals surface area (Å²) in [4.78, 5) is 25.5. The van der Waals surface area contributed by atoms with Crippen LogP contribution in [-0.4, -0.2) is 42.5 Å². The van der Waals surface area contributed by atoms with Crippen molar-refractivity contribution in [3.63, 3.8) is 0 Å². The molecule has 1 N–H and O–H groups in total. The number of carbonyl (C=O) groups is 1. The number of hydrogen-bond acceptors (Lipinski definition) is 5. The molecular weight excluding hydrogens is 346 g/mol. The van der Waals surface area contributed by atoms with E-state index in [-0.39, 0.29) is 23.4 Å². The predicted molar refractivity (Wildman–Crippen MR) is 102 cm³/mol. The van der Waals surface area contributed by atoms with Gasteiger partial charge in [0.1, 0.15) is 0 Å². The molecule has 3 rings (SSSR count). The number of nitrogens with one attached hydrogen (secondary N) is 1. The normalized spacial score (nSPS) is 16.8. The molecule has 1 unspecified atom stereocenters. The van der Waals surface area contributed by atoms with Gasteiger partial charge in [0, 0.05) is 37.3 Å². The summed E-state index contributed by atoms with van der Waals surface area (Å²) in [6.07, 6.45) is 0.967. The van der Waals surface area contributed by atoms with Gasteiger partial charge >= 0.3 is 5.69 Å². The van der Waals surface area contributed by atoms with E-state index >= 15 is 0 Å². The maximum Gasteiger partial charge on any atom is 0.310 e. The summed E-state index contributed by atoms with van der Waals surface area (Å²) in [7, 11) is 1.36. The van der Waals surface area contributed by atoms with E-state index in [2.05, 4.69) is 36.5 Å². The molecule has 0 saturated carbocycles. The van der Waals surface area contributed by atoms with E-state index in [0.29, 0.717) is 25.2 Å². The number of ether oxygens (including phenoxy) is 1. The third-order valence-corrected chi connectivity index (χ3v) is 4.90. The molecule has 1 aliphatic rings. The molecule has 0 aromatic heterocycles. The summed E-state index contributed by atoms with van der Waals surface area (Å²) in [5.74, 6) is -0.0703. The Morgan fingerprint density at radius 1 is 1.30 bits per heavy atom. The van der Waals surface area contributed by atoms with Gasteiger partial charge in [-0.25, -0.2) is 0 Å². The van der Waals surface area contributed by atoms with Gasteiger partial charge in [0.2, 0.25) is 0 Å². The number of methoxy groups -OCH3 is 1. The van der Waals surface area contributed by atoms with Crippen molar-refractivity contribution in [3.05, 3.63) is 69.3 Å². The zero-order valence-electron chi connectivity index (χ0n) is 15.5. The highest BCUT2D eigenvalue weighted by atomic mass is 16.6. The Bertz CT molecular complexity index is 836. The summed E-state index contributed by atoms with van der Waals surface area (Å²) in [6, 6.07) is 12.5. The summed E-state index contributed by atoms with van der Waals surface area (Å²) >= 11 is 0. The minimum atomic E-state index is -0.518. The average molecular weight is 369 g/mol. The highest BCUT2D eigenvalue weighted by Crippen LogP contribution is 2.30. The average Bonchev–Trinajstić information content (AvgIpc) is 2.72. The van der Waals surface area contributed by atoms with Gasteiger partial charge in [0.05, 0.1) is 18.1 Å². The second-order valence-electron chi connectivity index (χ2n) is 6.46. The zero-order chi connectivity index (χ0) is 19.4. The number of carbonyl (C=O) groups excluding carboxylic acids is 1. The minimum Gasteiger partial charge on any atom is -0.490 e. The van der Waals surface area contributed by atoms with E-state index in [9.17, 15) is 14.9 Å². The highest BCUT2D eigenvalue weighted by molar-refractivity contribution is 5.95. The third kappa shape index (κ3) is 3.93. The van der Waals surface area contributed by atoms with Crippen molar-refractivity contribution in [1.82, 2.24) is 10.2 Å². The predicted octanol–water partition coefficient (Wildman–Crippen LogP) is 2.95. The fraction of sp³-hybridized carbons (Fsp3) is 0.350. The molecule has 2 aromatic rings. The van der Waals surface area contributed by atoms with Gasteiger partial charge in [-0.05, 0) is 23.6 Å². The van der Waals surface area contributed by atoms with Crippen LogP contribution >= 0.6 is 0 Å². The van der Waals surface area contributed by atoms with Gasteiger partial charge in [-0.2, -0.15) is 0 Å². The molecule has 1 amide bonds. The Hall–Kier alpha value is -2.93. The molecule has 2 aromatic carbocycles. The maximum absolute atomic E-state index is 13.1. The second-order valence-corrected chi connectivity index (χ2v) is 6.46. The van der Waals surface area contributed by atoms with Crippen molar-refractivity contribution in [2.45, 2.75) is 19.4 Å². The lowest BCUT2D eigenvalue weighted by Gasteiger charge is -2.36. The molecule has 0 spiro atoms. The lowest BCUT2D eigenvalue weighted by Crippen LogP contribution is -2.48. The van der Waals surface area contributed by atoms with Crippen LogP contribution in [0.4, 0.5) is 5.69 Å². The van der Waals surface area contributed by atoms with Crippen LogP contribution in [0.15, 0.2) is 42.5 Å². The number of benzene rings is 2. The first-order valence-corrected chi connectivity index (χ1v) is 8.98. The first-order chi connectivity index (χ1) is 13.0. The molecule has 142 valence electrons. The third-order valence-electron chi connectivity index (χ3n) is 4.90. The van der Waals surface area contributed by atoms with Crippen LogP contribution < -0.4 is 10.1 Å². The van der Waals surface area contributed by atoms with Gasteiger partial charge in [-0.1, -0.05) is 31.2 Å². The molecular formula is C20H23N3O4. The Labute approximate surface area is 158 Å². The molecule has 0 radical (unpaired) electrons. The number of aryl methyl sites for hydroxylation is 1. The van der Waals surface area contributed by atoms with Gasteiger partial charge in [0.15, 0.2) is 5.75 Å². The smallest absolute Gasteiger partial charge is 0.310 e. The molecule has 0 bridgehead atoms. The number of nitrogens with zero attached hydrogens (tertiary/aromatic N) is 2. The number of nitro benzene ring substituents is 1. The van der Waals surface area contributed by atoms with E-state index in [0.717, 1.165) is 12.0 Å². The Morgan fingerprint density at radius 2 is 2.04 bits per heavy atom. The number of amides is 1. The monoisotopic (exact) mass is 369 g/mol. The molecule has 7 heteroatoms. The Morgan fingerprint density at radius 3 is 2.67 bits per heavy atom. The lowest BCUT2D eigenvalue weighted by molar-refractivity contribution is -0.385. The number of rotatable bonds is 5. The first-order valence-electron chi connectivity index (χ1n) is 8.98. The number of nitro groups is 1. The summed E-state index contributed by atoms with van der Waals surface area (Å²) in [5, 5.41) is 14.4. The molecule has 0 aliphatic carbocycles. The Kier molecular flexibility index (Phi) is 5.71. The molecule has 7 nitrogen and oxygen atoms in total. The van der Waals surface area contributed by atoms with Crippen molar-refractivity contribution >= 4 is 11.6 Å². The molecule has 1 aliphatic heterocycles. The fourth-order valence-electron chi connectivity index (χ4n) is 3.35. The maximum atomic E-state index is 13.1. The molecule has 1 saturated heterocycles. The minimum absolute atomic E-state index is 0.0849. The topological polar surface area (TPSA) is 84.7 Å². The SMILES string of the molecule is CCc1ccc(C2CNCCN2C(=O)c2ccc([N+](=O)[O-])c(OC)c2)cc1. The van der Waals surface area contributed by atoms with Crippen LogP contribution in [0.5, 0.6) is 5.75 Å².